The second-order valence-electron chi connectivity index (χ2n) is 4.64. The summed E-state index contributed by atoms with van der Waals surface area (Å²) >= 11 is 6.06. The normalized spacial score (nSPS) is 14.0. The molecule has 0 saturated carbocycles. The molecular formula is C14H13ClN4O. The maximum absolute atomic E-state index is 12.1. The van der Waals surface area contributed by atoms with E-state index in [2.05, 4.69) is 20.6 Å². The van der Waals surface area contributed by atoms with Gasteiger partial charge in [0.15, 0.2) is 11.0 Å². The Morgan fingerprint density at radius 3 is 2.50 bits per heavy atom. The van der Waals surface area contributed by atoms with E-state index in [-0.39, 0.29) is 11.1 Å². The Morgan fingerprint density at radius 1 is 1.25 bits per heavy atom. The van der Waals surface area contributed by atoms with Crippen molar-refractivity contribution in [1.29, 1.82) is 0 Å². The van der Waals surface area contributed by atoms with Gasteiger partial charge in [0.1, 0.15) is 0 Å². The van der Waals surface area contributed by atoms with Gasteiger partial charge in [-0.2, -0.15) is 0 Å². The van der Waals surface area contributed by atoms with Crippen molar-refractivity contribution in [3.05, 3.63) is 40.6 Å². The fourth-order valence-electron chi connectivity index (χ4n) is 1.94. The van der Waals surface area contributed by atoms with Crippen LogP contribution in [0.15, 0.2) is 35.4 Å². The van der Waals surface area contributed by atoms with Crippen molar-refractivity contribution >= 4 is 34.4 Å². The molecule has 102 valence electrons. The lowest BCUT2D eigenvalue weighted by Gasteiger charge is -2.21. The molecule has 0 radical (unpaired) electrons. The largest absolute Gasteiger partial charge is 0.309 e. The molecule has 1 aliphatic rings. The van der Waals surface area contributed by atoms with Gasteiger partial charge in [-0.1, -0.05) is 23.7 Å². The molecule has 1 aliphatic heterocycles. The third-order valence-electron chi connectivity index (χ3n) is 3.31. The van der Waals surface area contributed by atoms with E-state index in [0.29, 0.717) is 22.4 Å². The molecule has 5 nitrogen and oxygen atoms in total. The number of aromatic nitrogens is 2. The average molecular weight is 289 g/mol. The molecule has 2 heterocycles. The number of hydrogen-bond acceptors (Lipinski definition) is 4. The molecule has 1 amide bonds. The maximum Gasteiger partial charge on any atom is 0.252 e. The summed E-state index contributed by atoms with van der Waals surface area (Å²) in [6.45, 7) is 3.32. The minimum atomic E-state index is -0.187. The molecular weight excluding hydrogens is 276 g/mol. The molecule has 0 aliphatic carbocycles. The molecule has 1 aromatic heterocycles. The van der Waals surface area contributed by atoms with Crippen LogP contribution in [0.5, 0.6) is 0 Å². The number of carbonyl (C=O) groups is 1. The van der Waals surface area contributed by atoms with Gasteiger partial charge in [0.25, 0.3) is 5.91 Å². The van der Waals surface area contributed by atoms with Crippen LogP contribution in [-0.2, 0) is 4.79 Å². The van der Waals surface area contributed by atoms with Crippen molar-refractivity contribution in [3.8, 4) is 0 Å². The molecule has 6 heteroatoms. The molecule has 1 aromatic carbocycles. The second kappa shape index (κ2) is 5.19. The quantitative estimate of drug-likeness (QED) is 0.831. The number of benzene rings is 1. The Kier molecular flexibility index (Phi) is 3.38. The summed E-state index contributed by atoms with van der Waals surface area (Å²) < 4.78 is 0. The summed E-state index contributed by atoms with van der Waals surface area (Å²) in [5.74, 6) is 0.107. The van der Waals surface area contributed by atoms with E-state index < -0.39 is 0 Å². The Bertz CT molecular complexity index is 720. The number of fused-ring (bicyclic) bond motifs is 1. The first-order valence-corrected chi connectivity index (χ1v) is 6.66. The number of anilines is 1. The molecule has 20 heavy (non-hydrogen) atoms. The zero-order valence-corrected chi connectivity index (χ0v) is 11.7. The van der Waals surface area contributed by atoms with Gasteiger partial charge in [0.2, 0.25) is 0 Å². The first-order chi connectivity index (χ1) is 9.65. The van der Waals surface area contributed by atoms with E-state index in [1.807, 2.05) is 24.3 Å². The Labute approximate surface area is 121 Å². The summed E-state index contributed by atoms with van der Waals surface area (Å²) in [5, 5.41) is 6.02. The van der Waals surface area contributed by atoms with Gasteiger partial charge in [0.05, 0.1) is 11.0 Å². The van der Waals surface area contributed by atoms with Crippen LogP contribution in [0.3, 0.4) is 0 Å². The summed E-state index contributed by atoms with van der Waals surface area (Å²) in [6, 6.07) is 7.39. The standard InChI is InChI=1S/C14H13ClN4O/c1-8(9-6-16-7-9)14(20)19-13-12(15)17-10-4-2-3-5-11(10)18-13/h2-5,16H,6-7H2,1H3,(H,18,19,20). The Hall–Kier alpha value is -1.98. The van der Waals surface area contributed by atoms with Crippen molar-refractivity contribution < 1.29 is 4.79 Å². The van der Waals surface area contributed by atoms with Gasteiger partial charge >= 0.3 is 0 Å². The predicted octanol–water partition coefficient (Wildman–Crippen LogP) is 2.14. The van der Waals surface area contributed by atoms with Gasteiger partial charge in [-0.3, -0.25) is 4.79 Å². The van der Waals surface area contributed by atoms with Crippen LogP contribution in [-0.4, -0.2) is 29.0 Å². The predicted molar refractivity (Wildman–Crippen MR) is 78.7 cm³/mol. The topological polar surface area (TPSA) is 66.9 Å². The third kappa shape index (κ3) is 2.37. The molecule has 0 bridgehead atoms. The van der Waals surface area contributed by atoms with E-state index in [4.69, 9.17) is 11.6 Å². The van der Waals surface area contributed by atoms with Crippen molar-refractivity contribution in [3.63, 3.8) is 0 Å². The van der Waals surface area contributed by atoms with Crippen molar-refractivity contribution in [1.82, 2.24) is 15.3 Å². The number of nitrogens with one attached hydrogen (secondary N) is 2. The minimum absolute atomic E-state index is 0.187. The highest BCUT2D eigenvalue weighted by Crippen LogP contribution is 2.22. The molecule has 2 aromatic rings. The van der Waals surface area contributed by atoms with Crippen LogP contribution in [0, 0.1) is 0 Å². The molecule has 2 N–H and O–H groups in total. The SMILES string of the molecule is CC(C(=O)Nc1nc2ccccc2nc1Cl)=C1CNC1. The lowest BCUT2D eigenvalue weighted by Crippen LogP contribution is -2.36. The van der Waals surface area contributed by atoms with E-state index in [9.17, 15) is 4.79 Å². The minimum Gasteiger partial charge on any atom is -0.309 e. The third-order valence-corrected chi connectivity index (χ3v) is 3.57. The number of halogens is 1. The number of amides is 1. The molecule has 1 fully saturated rings. The highest BCUT2D eigenvalue weighted by Gasteiger charge is 2.17. The fraction of sp³-hybridized carbons (Fsp3) is 0.214. The van der Waals surface area contributed by atoms with Crippen LogP contribution in [0.4, 0.5) is 5.82 Å². The van der Waals surface area contributed by atoms with Gasteiger partial charge in [-0.25, -0.2) is 9.97 Å². The highest BCUT2D eigenvalue weighted by molar-refractivity contribution is 6.32. The molecule has 3 rings (SSSR count). The van der Waals surface area contributed by atoms with E-state index in [1.54, 1.807) is 6.92 Å². The van der Waals surface area contributed by atoms with Crippen molar-refractivity contribution in [2.24, 2.45) is 0 Å². The number of carbonyl (C=O) groups excluding carboxylic acids is 1. The summed E-state index contributed by atoms with van der Waals surface area (Å²) in [6.07, 6.45) is 0. The highest BCUT2D eigenvalue weighted by atomic mass is 35.5. The first-order valence-electron chi connectivity index (χ1n) is 6.28. The Morgan fingerprint density at radius 2 is 1.90 bits per heavy atom. The first kappa shape index (κ1) is 13.0. The second-order valence-corrected chi connectivity index (χ2v) is 5.00. The van der Waals surface area contributed by atoms with Crippen LogP contribution >= 0.6 is 11.6 Å². The summed E-state index contributed by atoms with van der Waals surface area (Å²) in [4.78, 5) is 20.7. The molecule has 0 spiro atoms. The van der Waals surface area contributed by atoms with E-state index in [0.717, 1.165) is 18.7 Å². The average Bonchev–Trinajstić information content (AvgIpc) is 2.37. The van der Waals surface area contributed by atoms with E-state index >= 15 is 0 Å². The van der Waals surface area contributed by atoms with Gasteiger partial charge in [0, 0.05) is 18.7 Å². The molecule has 0 atom stereocenters. The number of nitrogens with zero attached hydrogens (tertiary/aromatic N) is 2. The smallest absolute Gasteiger partial charge is 0.252 e. The van der Waals surface area contributed by atoms with Gasteiger partial charge in [-0.05, 0) is 24.6 Å². The summed E-state index contributed by atoms with van der Waals surface area (Å²) in [7, 11) is 0. The molecule has 0 unspecified atom stereocenters. The van der Waals surface area contributed by atoms with Crippen LogP contribution in [0.1, 0.15) is 6.92 Å². The van der Waals surface area contributed by atoms with Crippen LogP contribution in [0.2, 0.25) is 5.15 Å². The number of para-hydroxylation sites is 2. The van der Waals surface area contributed by atoms with Gasteiger partial charge < -0.3 is 10.6 Å². The lowest BCUT2D eigenvalue weighted by atomic mass is 10.0. The number of hydrogen-bond donors (Lipinski definition) is 2. The van der Waals surface area contributed by atoms with Crippen LogP contribution < -0.4 is 10.6 Å². The zero-order chi connectivity index (χ0) is 14.1. The van der Waals surface area contributed by atoms with Gasteiger partial charge in [-0.15, -0.1) is 0 Å². The summed E-state index contributed by atoms with van der Waals surface area (Å²) in [5.41, 5.74) is 3.21. The fourth-order valence-corrected chi connectivity index (χ4v) is 2.12. The number of rotatable bonds is 2. The monoisotopic (exact) mass is 288 g/mol. The zero-order valence-electron chi connectivity index (χ0n) is 10.9. The lowest BCUT2D eigenvalue weighted by molar-refractivity contribution is -0.112. The van der Waals surface area contributed by atoms with Crippen molar-refractivity contribution in [2.45, 2.75) is 6.92 Å². The molecule has 1 saturated heterocycles. The Balaban J connectivity index is 1.90. The van der Waals surface area contributed by atoms with Crippen molar-refractivity contribution in [2.75, 3.05) is 18.4 Å². The maximum atomic E-state index is 12.1. The van der Waals surface area contributed by atoms with E-state index in [1.165, 1.54) is 0 Å². The van der Waals surface area contributed by atoms with Crippen LogP contribution in [0.25, 0.3) is 11.0 Å².